The minimum atomic E-state index is -0.267. The molecule has 5 nitrogen and oxygen atoms in total. The molecule has 1 heterocycles. The SMILES string of the molecule is Cc1cc(N)n(/N=C\c2ccccc2OCc2ccccc2)c(=O)c1. The van der Waals surface area contributed by atoms with Gasteiger partial charge in [-0.3, -0.25) is 4.79 Å². The van der Waals surface area contributed by atoms with Crippen LogP contribution in [0.2, 0.25) is 0 Å². The first-order valence-electron chi connectivity index (χ1n) is 7.93. The summed E-state index contributed by atoms with van der Waals surface area (Å²) in [5.41, 5.74) is 8.26. The molecule has 1 aromatic heterocycles. The zero-order valence-electron chi connectivity index (χ0n) is 13.9. The van der Waals surface area contributed by atoms with E-state index < -0.39 is 0 Å². The van der Waals surface area contributed by atoms with Crippen LogP contribution in [-0.4, -0.2) is 10.9 Å². The van der Waals surface area contributed by atoms with E-state index >= 15 is 0 Å². The van der Waals surface area contributed by atoms with Crippen LogP contribution in [-0.2, 0) is 6.61 Å². The summed E-state index contributed by atoms with van der Waals surface area (Å²) in [6.07, 6.45) is 1.58. The van der Waals surface area contributed by atoms with E-state index in [1.807, 2.05) is 61.5 Å². The van der Waals surface area contributed by atoms with Gasteiger partial charge in [0.15, 0.2) is 0 Å². The molecule has 3 aromatic rings. The van der Waals surface area contributed by atoms with Crippen LogP contribution in [0.15, 0.2) is 76.6 Å². The Hall–Kier alpha value is -3.34. The molecule has 0 radical (unpaired) electrons. The van der Waals surface area contributed by atoms with E-state index in [1.165, 1.54) is 10.7 Å². The zero-order valence-corrected chi connectivity index (χ0v) is 13.9. The van der Waals surface area contributed by atoms with E-state index in [0.717, 1.165) is 16.7 Å². The molecule has 25 heavy (non-hydrogen) atoms. The number of para-hydroxylation sites is 1. The van der Waals surface area contributed by atoms with E-state index in [1.54, 1.807) is 12.3 Å². The Morgan fingerprint density at radius 2 is 1.80 bits per heavy atom. The van der Waals surface area contributed by atoms with Crippen LogP contribution in [0, 0.1) is 6.92 Å². The van der Waals surface area contributed by atoms with Crippen LogP contribution in [0.25, 0.3) is 0 Å². The monoisotopic (exact) mass is 333 g/mol. The number of nitrogen functional groups attached to an aromatic ring is 1. The van der Waals surface area contributed by atoms with Gasteiger partial charge in [0.2, 0.25) is 0 Å². The highest BCUT2D eigenvalue weighted by Gasteiger charge is 2.03. The van der Waals surface area contributed by atoms with Gasteiger partial charge in [0.25, 0.3) is 5.56 Å². The van der Waals surface area contributed by atoms with Crippen LogP contribution in [0.5, 0.6) is 5.75 Å². The quantitative estimate of drug-likeness (QED) is 0.729. The minimum Gasteiger partial charge on any atom is -0.488 e. The number of hydrogen-bond donors (Lipinski definition) is 1. The molecule has 0 aliphatic carbocycles. The van der Waals surface area contributed by atoms with Crippen molar-refractivity contribution in [2.45, 2.75) is 13.5 Å². The molecule has 2 N–H and O–H groups in total. The number of aryl methyl sites for hydroxylation is 1. The van der Waals surface area contributed by atoms with Crippen molar-refractivity contribution in [3.05, 3.63) is 93.8 Å². The average Bonchev–Trinajstić information content (AvgIpc) is 2.61. The van der Waals surface area contributed by atoms with E-state index in [4.69, 9.17) is 10.5 Å². The number of aromatic nitrogens is 1. The highest BCUT2D eigenvalue weighted by molar-refractivity contribution is 5.83. The molecule has 0 bridgehead atoms. The number of ether oxygens (including phenoxy) is 1. The van der Waals surface area contributed by atoms with Gasteiger partial charge in [-0.05, 0) is 36.2 Å². The number of nitrogens with zero attached hydrogens (tertiary/aromatic N) is 2. The fourth-order valence-corrected chi connectivity index (χ4v) is 2.42. The smallest absolute Gasteiger partial charge is 0.273 e. The Kier molecular flexibility index (Phi) is 4.95. The van der Waals surface area contributed by atoms with Crippen molar-refractivity contribution in [3.8, 4) is 5.75 Å². The molecule has 0 spiro atoms. The highest BCUT2D eigenvalue weighted by atomic mass is 16.5. The van der Waals surface area contributed by atoms with Crippen molar-refractivity contribution in [1.29, 1.82) is 0 Å². The molecule has 0 atom stereocenters. The second-order valence-electron chi connectivity index (χ2n) is 5.66. The molecule has 0 saturated heterocycles. The van der Waals surface area contributed by atoms with Crippen molar-refractivity contribution < 1.29 is 4.74 Å². The van der Waals surface area contributed by atoms with Crippen molar-refractivity contribution in [2.75, 3.05) is 5.73 Å². The zero-order chi connectivity index (χ0) is 17.6. The summed E-state index contributed by atoms with van der Waals surface area (Å²) < 4.78 is 7.05. The van der Waals surface area contributed by atoms with Crippen molar-refractivity contribution in [2.24, 2.45) is 5.10 Å². The summed E-state index contributed by atoms with van der Waals surface area (Å²) in [7, 11) is 0. The topological polar surface area (TPSA) is 69.6 Å². The number of hydrogen-bond acceptors (Lipinski definition) is 4. The lowest BCUT2D eigenvalue weighted by Gasteiger charge is -2.09. The summed E-state index contributed by atoms with van der Waals surface area (Å²) >= 11 is 0. The predicted molar refractivity (Wildman–Crippen MR) is 100 cm³/mol. The number of pyridine rings is 1. The molecule has 0 aliphatic heterocycles. The normalized spacial score (nSPS) is 10.9. The molecule has 0 fully saturated rings. The van der Waals surface area contributed by atoms with E-state index in [9.17, 15) is 4.79 Å². The molecular formula is C20H19N3O2. The van der Waals surface area contributed by atoms with Gasteiger partial charge in [0, 0.05) is 11.6 Å². The Labute approximate surface area is 146 Å². The number of anilines is 1. The summed E-state index contributed by atoms with van der Waals surface area (Å²) in [6, 6.07) is 20.6. The Morgan fingerprint density at radius 1 is 1.08 bits per heavy atom. The van der Waals surface area contributed by atoms with Gasteiger partial charge in [-0.1, -0.05) is 42.5 Å². The van der Waals surface area contributed by atoms with E-state index in [0.29, 0.717) is 18.2 Å². The van der Waals surface area contributed by atoms with Crippen molar-refractivity contribution in [1.82, 2.24) is 4.68 Å². The molecule has 5 heteroatoms. The molecule has 0 aliphatic rings. The average molecular weight is 333 g/mol. The van der Waals surface area contributed by atoms with Crippen molar-refractivity contribution >= 4 is 12.0 Å². The van der Waals surface area contributed by atoms with Gasteiger partial charge in [0.1, 0.15) is 18.2 Å². The molecule has 3 rings (SSSR count). The molecule has 0 unspecified atom stereocenters. The molecule has 0 amide bonds. The fourth-order valence-electron chi connectivity index (χ4n) is 2.42. The summed E-state index contributed by atoms with van der Waals surface area (Å²) in [5.74, 6) is 0.984. The van der Waals surface area contributed by atoms with E-state index in [2.05, 4.69) is 5.10 Å². The Bertz CT molecular complexity index is 947. The van der Waals surface area contributed by atoms with Gasteiger partial charge < -0.3 is 10.5 Å². The van der Waals surface area contributed by atoms with E-state index in [-0.39, 0.29) is 5.56 Å². The second-order valence-corrected chi connectivity index (χ2v) is 5.66. The standard InChI is InChI=1S/C20H19N3O2/c1-15-11-19(21)23(20(24)12-15)22-13-17-9-5-6-10-18(17)25-14-16-7-3-2-4-8-16/h2-13H,14,21H2,1H3/b22-13-. The third-order valence-corrected chi connectivity index (χ3v) is 3.65. The van der Waals surface area contributed by atoms with Crippen LogP contribution in [0.4, 0.5) is 5.82 Å². The van der Waals surface area contributed by atoms with Gasteiger partial charge in [-0.15, -0.1) is 0 Å². The maximum atomic E-state index is 12.0. The summed E-state index contributed by atoms with van der Waals surface area (Å²) in [6.45, 7) is 2.27. The summed E-state index contributed by atoms with van der Waals surface area (Å²) in [5, 5.41) is 4.21. The summed E-state index contributed by atoms with van der Waals surface area (Å²) in [4.78, 5) is 12.0. The lowest BCUT2D eigenvalue weighted by molar-refractivity contribution is 0.306. The molecule has 126 valence electrons. The van der Waals surface area contributed by atoms with Crippen LogP contribution >= 0.6 is 0 Å². The maximum absolute atomic E-state index is 12.0. The maximum Gasteiger partial charge on any atom is 0.273 e. The molecule has 0 saturated carbocycles. The fraction of sp³-hybridized carbons (Fsp3) is 0.100. The van der Waals surface area contributed by atoms with Crippen molar-refractivity contribution in [3.63, 3.8) is 0 Å². The predicted octanol–water partition coefficient (Wildman–Crippen LogP) is 3.20. The lowest BCUT2D eigenvalue weighted by atomic mass is 10.2. The molecular weight excluding hydrogens is 314 g/mol. The van der Waals surface area contributed by atoms with Crippen LogP contribution in [0.3, 0.4) is 0 Å². The first-order valence-corrected chi connectivity index (χ1v) is 7.93. The highest BCUT2D eigenvalue weighted by Crippen LogP contribution is 2.18. The van der Waals surface area contributed by atoms with Crippen LogP contribution in [0.1, 0.15) is 16.7 Å². The van der Waals surface area contributed by atoms with Gasteiger partial charge in [-0.25, -0.2) is 0 Å². The third-order valence-electron chi connectivity index (χ3n) is 3.65. The number of benzene rings is 2. The molecule has 2 aromatic carbocycles. The Balaban J connectivity index is 1.83. The van der Waals surface area contributed by atoms with Gasteiger partial charge in [0.05, 0.1) is 6.21 Å². The first kappa shape index (κ1) is 16.5. The first-order chi connectivity index (χ1) is 12.1. The minimum absolute atomic E-state index is 0.267. The lowest BCUT2D eigenvalue weighted by Crippen LogP contribution is -2.19. The van der Waals surface area contributed by atoms with Gasteiger partial charge in [-0.2, -0.15) is 9.78 Å². The number of nitrogens with two attached hydrogens (primary N) is 1. The second kappa shape index (κ2) is 7.49. The third kappa shape index (κ3) is 4.14. The largest absolute Gasteiger partial charge is 0.488 e. The van der Waals surface area contributed by atoms with Crippen LogP contribution < -0.4 is 16.0 Å². The number of rotatable bonds is 5. The van der Waals surface area contributed by atoms with Gasteiger partial charge >= 0.3 is 0 Å². The Morgan fingerprint density at radius 3 is 2.56 bits per heavy atom.